The molecule has 0 radical (unpaired) electrons. The van der Waals surface area contributed by atoms with E-state index in [1.165, 1.54) is 0 Å². The first-order valence-corrected chi connectivity index (χ1v) is 5.38. The molecule has 1 aliphatic heterocycles. The standard InChI is InChI=1S/C12H16N2O2/c1-8-4-5-10-11(6-8)16-9(2)7-14(10)12(15)13-3/h4-6,9H,7H2,1-3H3,(H,13,15). The molecule has 2 amide bonds. The maximum Gasteiger partial charge on any atom is 0.321 e. The van der Waals surface area contributed by atoms with Crippen molar-refractivity contribution in [2.45, 2.75) is 20.0 Å². The van der Waals surface area contributed by atoms with Crippen LogP contribution in [0.15, 0.2) is 18.2 Å². The lowest BCUT2D eigenvalue weighted by Crippen LogP contribution is -2.46. The monoisotopic (exact) mass is 220 g/mol. The first-order chi connectivity index (χ1) is 7.61. The lowest BCUT2D eigenvalue weighted by atomic mass is 10.1. The van der Waals surface area contributed by atoms with E-state index in [2.05, 4.69) is 5.32 Å². The third kappa shape index (κ3) is 1.83. The largest absolute Gasteiger partial charge is 0.487 e. The molecule has 0 aromatic heterocycles. The summed E-state index contributed by atoms with van der Waals surface area (Å²) in [5.41, 5.74) is 1.97. The zero-order chi connectivity index (χ0) is 11.7. The number of hydrogen-bond acceptors (Lipinski definition) is 2. The van der Waals surface area contributed by atoms with Crippen LogP contribution in [0.3, 0.4) is 0 Å². The van der Waals surface area contributed by atoms with Crippen LogP contribution >= 0.6 is 0 Å². The number of anilines is 1. The molecule has 1 heterocycles. The Balaban J connectivity index is 2.41. The van der Waals surface area contributed by atoms with Gasteiger partial charge in [-0.1, -0.05) is 6.07 Å². The van der Waals surface area contributed by atoms with Gasteiger partial charge >= 0.3 is 6.03 Å². The molecule has 0 saturated carbocycles. The van der Waals surface area contributed by atoms with Gasteiger partial charge in [0.25, 0.3) is 0 Å². The van der Waals surface area contributed by atoms with Gasteiger partial charge in [0.1, 0.15) is 11.9 Å². The van der Waals surface area contributed by atoms with Crippen molar-refractivity contribution in [2.24, 2.45) is 0 Å². The topological polar surface area (TPSA) is 41.6 Å². The molecular weight excluding hydrogens is 204 g/mol. The summed E-state index contributed by atoms with van der Waals surface area (Å²) in [6.07, 6.45) is 0.0200. The molecule has 4 heteroatoms. The van der Waals surface area contributed by atoms with E-state index in [4.69, 9.17) is 4.74 Å². The van der Waals surface area contributed by atoms with E-state index in [1.807, 2.05) is 32.0 Å². The van der Waals surface area contributed by atoms with Crippen LogP contribution in [0.25, 0.3) is 0 Å². The summed E-state index contributed by atoms with van der Waals surface area (Å²) < 4.78 is 5.72. The SMILES string of the molecule is CNC(=O)N1CC(C)Oc2cc(C)ccc21. The van der Waals surface area contributed by atoms with Crippen molar-refractivity contribution in [3.8, 4) is 5.75 Å². The minimum absolute atomic E-state index is 0.0200. The fourth-order valence-electron chi connectivity index (χ4n) is 1.88. The molecule has 0 saturated heterocycles. The third-order valence-corrected chi connectivity index (χ3v) is 2.63. The van der Waals surface area contributed by atoms with Crippen LogP contribution in [-0.4, -0.2) is 25.7 Å². The molecule has 0 aliphatic carbocycles. The molecule has 1 atom stereocenters. The summed E-state index contributed by atoms with van der Waals surface area (Å²) in [4.78, 5) is 13.4. The molecule has 16 heavy (non-hydrogen) atoms. The highest BCUT2D eigenvalue weighted by atomic mass is 16.5. The van der Waals surface area contributed by atoms with Gasteiger partial charge in [-0.25, -0.2) is 4.79 Å². The van der Waals surface area contributed by atoms with E-state index in [-0.39, 0.29) is 12.1 Å². The van der Waals surface area contributed by atoms with Gasteiger partial charge in [-0.3, -0.25) is 4.90 Å². The second-order valence-corrected chi connectivity index (χ2v) is 4.07. The van der Waals surface area contributed by atoms with Crippen molar-refractivity contribution in [1.29, 1.82) is 0 Å². The predicted octanol–water partition coefficient (Wildman–Crippen LogP) is 1.92. The summed E-state index contributed by atoms with van der Waals surface area (Å²) in [7, 11) is 1.64. The fraction of sp³-hybridized carbons (Fsp3) is 0.417. The summed E-state index contributed by atoms with van der Waals surface area (Å²) in [6, 6.07) is 5.76. The molecule has 1 aromatic rings. The zero-order valence-electron chi connectivity index (χ0n) is 9.78. The number of carbonyl (C=O) groups is 1. The number of rotatable bonds is 0. The smallest absolute Gasteiger partial charge is 0.321 e. The van der Waals surface area contributed by atoms with Gasteiger partial charge in [0.15, 0.2) is 0 Å². The number of hydrogen-bond donors (Lipinski definition) is 1. The Bertz CT molecular complexity index is 417. The normalized spacial score (nSPS) is 18.7. The molecule has 1 aromatic carbocycles. The Labute approximate surface area is 95.2 Å². The van der Waals surface area contributed by atoms with Crippen molar-refractivity contribution in [3.63, 3.8) is 0 Å². The lowest BCUT2D eigenvalue weighted by molar-refractivity contribution is 0.206. The number of nitrogens with one attached hydrogen (secondary N) is 1. The van der Waals surface area contributed by atoms with Crippen LogP contribution < -0.4 is 15.0 Å². The van der Waals surface area contributed by atoms with Crippen molar-refractivity contribution in [3.05, 3.63) is 23.8 Å². The number of urea groups is 1. The third-order valence-electron chi connectivity index (χ3n) is 2.63. The summed E-state index contributed by atoms with van der Waals surface area (Å²) in [5.74, 6) is 0.780. The first kappa shape index (κ1) is 10.8. The van der Waals surface area contributed by atoms with E-state index in [0.29, 0.717) is 6.54 Å². The summed E-state index contributed by atoms with van der Waals surface area (Å²) in [5, 5.41) is 2.64. The Hall–Kier alpha value is -1.71. The molecule has 1 N–H and O–H groups in total. The lowest BCUT2D eigenvalue weighted by Gasteiger charge is -2.33. The van der Waals surface area contributed by atoms with E-state index in [1.54, 1.807) is 11.9 Å². The molecule has 0 bridgehead atoms. The average molecular weight is 220 g/mol. The number of benzene rings is 1. The van der Waals surface area contributed by atoms with E-state index in [0.717, 1.165) is 17.0 Å². The maximum absolute atomic E-state index is 11.7. The number of ether oxygens (including phenoxy) is 1. The van der Waals surface area contributed by atoms with Crippen LogP contribution in [0.4, 0.5) is 10.5 Å². The van der Waals surface area contributed by atoms with Gasteiger partial charge in [0.05, 0.1) is 12.2 Å². The quantitative estimate of drug-likeness (QED) is 0.725. The van der Waals surface area contributed by atoms with Gasteiger partial charge in [-0.2, -0.15) is 0 Å². The van der Waals surface area contributed by atoms with Crippen LogP contribution in [0.1, 0.15) is 12.5 Å². The minimum atomic E-state index is -0.0970. The molecule has 4 nitrogen and oxygen atoms in total. The van der Waals surface area contributed by atoms with Crippen LogP contribution in [0.2, 0.25) is 0 Å². The van der Waals surface area contributed by atoms with Crippen LogP contribution in [-0.2, 0) is 0 Å². The van der Waals surface area contributed by atoms with Gasteiger partial charge in [0, 0.05) is 7.05 Å². The highest BCUT2D eigenvalue weighted by molar-refractivity contribution is 5.94. The van der Waals surface area contributed by atoms with Gasteiger partial charge in [-0.05, 0) is 31.5 Å². The van der Waals surface area contributed by atoms with Crippen LogP contribution in [0, 0.1) is 6.92 Å². The van der Waals surface area contributed by atoms with Gasteiger partial charge in [0.2, 0.25) is 0 Å². The van der Waals surface area contributed by atoms with E-state index < -0.39 is 0 Å². The maximum atomic E-state index is 11.7. The Morgan fingerprint density at radius 1 is 1.56 bits per heavy atom. The van der Waals surface area contributed by atoms with Crippen molar-refractivity contribution >= 4 is 11.7 Å². The van der Waals surface area contributed by atoms with Crippen LogP contribution in [0.5, 0.6) is 5.75 Å². The van der Waals surface area contributed by atoms with E-state index >= 15 is 0 Å². The number of fused-ring (bicyclic) bond motifs is 1. The Morgan fingerprint density at radius 3 is 3.00 bits per heavy atom. The van der Waals surface area contributed by atoms with E-state index in [9.17, 15) is 4.79 Å². The zero-order valence-corrected chi connectivity index (χ0v) is 9.78. The average Bonchev–Trinajstić information content (AvgIpc) is 2.26. The molecule has 1 unspecified atom stereocenters. The number of nitrogens with zero attached hydrogens (tertiary/aromatic N) is 1. The summed E-state index contributed by atoms with van der Waals surface area (Å²) in [6.45, 7) is 4.55. The fourth-order valence-corrected chi connectivity index (χ4v) is 1.88. The molecule has 1 aliphatic rings. The van der Waals surface area contributed by atoms with Crippen molar-refractivity contribution in [2.75, 3.05) is 18.5 Å². The second-order valence-electron chi connectivity index (χ2n) is 4.07. The Kier molecular flexibility index (Phi) is 2.73. The van der Waals surface area contributed by atoms with Crippen molar-refractivity contribution < 1.29 is 9.53 Å². The first-order valence-electron chi connectivity index (χ1n) is 5.38. The predicted molar refractivity (Wildman–Crippen MR) is 63.1 cm³/mol. The molecular formula is C12H16N2O2. The van der Waals surface area contributed by atoms with Gasteiger partial charge in [-0.15, -0.1) is 0 Å². The number of carbonyl (C=O) groups excluding carboxylic acids is 1. The molecule has 0 spiro atoms. The Morgan fingerprint density at radius 2 is 2.31 bits per heavy atom. The van der Waals surface area contributed by atoms with Crippen molar-refractivity contribution in [1.82, 2.24) is 5.32 Å². The number of aryl methyl sites for hydroxylation is 1. The molecule has 2 rings (SSSR count). The minimum Gasteiger partial charge on any atom is -0.487 e. The number of amides is 2. The highest BCUT2D eigenvalue weighted by Crippen LogP contribution is 2.34. The van der Waals surface area contributed by atoms with Gasteiger partial charge < -0.3 is 10.1 Å². The molecule has 86 valence electrons. The molecule has 0 fully saturated rings. The second kappa shape index (κ2) is 4.04. The summed E-state index contributed by atoms with van der Waals surface area (Å²) >= 11 is 0. The highest BCUT2D eigenvalue weighted by Gasteiger charge is 2.26.